The fraction of sp³-hybridized carbons (Fsp3) is 1.00. The largest absolute Gasteiger partial charge is 0.374 e. The lowest BCUT2D eigenvalue weighted by molar-refractivity contribution is -0.0798. The minimum Gasteiger partial charge on any atom is -0.374 e. The molecule has 0 unspecified atom stereocenters. The van der Waals surface area contributed by atoms with E-state index in [-0.39, 0.29) is 5.60 Å². The van der Waals surface area contributed by atoms with E-state index in [4.69, 9.17) is 4.74 Å². The van der Waals surface area contributed by atoms with Crippen molar-refractivity contribution < 1.29 is 4.74 Å². The Hall–Kier alpha value is 0.440. The van der Waals surface area contributed by atoms with Crippen molar-refractivity contribution in [2.45, 2.75) is 77.2 Å². The van der Waals surface area contributed by atoms with Crippen LogP contribution in [0.5, 0.6) is 0 Å². The summed E-state index contributed by atoms with van der Waals surface area (Å²) < 4.78 is 6.44. The highest BCUT2D eigenvalue weighted by Crippen LogP contribution is 2.40. The third-order valence-corrected chi connectivity index (χ3v) is 6.50. The van der Waals surface area contributed by atoms with E-state index in [1.165, 1.54) is 57.8 Å². The van der Waals surface area contributed by atoms with Crippen LogP contribution in [0.15, 0.2) is 0 Å². The second-order valence-corrected chi connectivity index (χ2v) is 7.77. The predicted molar refractivity (Wildman–Crippen MR) is 85.8 cm³/mol. The maximum atomic E-state index is 6.44. The van der Waals surface area contributed by atoms with Gasteiger partial charge in [0.15, 0.2) is 0 Å². The molecule has 0 radical (unpaired) electrons. The molecule has 0 atom stereocenters. The molecule has 0 saturated heterocycles. The molecule has 2 heteroatoms. The second-order valence-electron chi connectivity index (χ2n) is 7.21. The zero-order valence-corrected chi connectivity index (χ0v) is 14.4. The van der Waals surface area contributed by atoms with Crippen LogP contribution in [-0.4, -0.2) is 17.5 Å². The van der Waals surface area contributed by atoms with Crippen LogP contribution < -0.4 is 0 Å². The summed E-state index contributed by atoms with van der Waals surface area (Å²) in [5.41, 5.74) is 0.156. The number of hydrogen-bond donors (Lipinski definition) is 0. The summed E-state index contributed by atoms with van der Waals surface area (Å²) in [5.74, 6) is 2.60. The maximum absolute atomic E-state index is 6.44. The number of ether oxygens (including phenoxy) is 1. The molecule has 2 saturated carbocycles. The van der Waals surface area contributed by atoms with Crippen molar-refractivity contribution in [2.24, 2.45) is 17.8 Å². The highest BCUT2D eigenvalue weighted by molar-refractivity contribution is 9.09. The molecule has 2 aliphatic carbocycles. The fourth-order valence-electron chi connectivity index (χ4n) is 3.80. The van der Waals surface area contributed by atoms with Crippen molar-refractivity contribution in [1.82, 2.24) is 0 Å². The van der Waals surface area contributed by atoms with Gasteiger partial charge in [-0.1, -0.05) is 49.0 Å². The minimum absolute atomic E-state index is 0.156. The van der Waals surface area contributed by atoms with Crippen LogP contribution in [0.1, 0.15) is 71.6 Å². The molecule has 0 aromatic rings. The molecule has 2 aliphatic rings. The van der Waals surface area contributed by atoms with Crippen LogP contribution in [0.2, 0.25) is 0 Å². The molecule has 0 N–H and O–H groups in total. The highest BCUT2D eigenvalue weighted by atomic mass is 79.9. The highest BCUT2D eigenvalue weighted by Gasteiger charge is 2.36. The van der Waals surface area contributed by atoms with Crippen molar-refractivity contribution in [3.63, 3.8) is 0 Å². The van der Waals surface area contributed by atoms with Gasteiger partial charge in [-0.25, -0.2) is 0 Å². The number of alkyl halides is 1. The monoisotopic (exact) mass is 330 g/mol. The van der Waals surface area contributed by atoms with Crippen molar-refractivity contribution in [2.75, 3.05) is 11.9 Å². The van der Waals surface area contributed by atoms with E-state index in [0.29, 0.717) is 0 Å². The predicted octanol–water partition coefficient (Wildman–Crippen LogP) is 5.56. The lowest BCUT2D eigenvalue weighted by Gasteiger charge is -2.41. The van der Waals surface area contributed by atoms with Gasteiger partial charge in [-0.3, -0.25) is 0 Å². The van der Waals surface area contributed by atoms with Gasteiger partial charge in [0.1, 0.15) is 0 Å². The van der Waals surface area contributed by atoms with E-state index in [1.54, 1.807) is 0 Å². The van der Waals surface area contributed by atoms with Crippen LogP contribution in [0, 0.1) is 17.8 Å². The van der Waals surface area contributed by atoms with Gasteiger partial charge in [0, 0.05) is 5.33 Å². The third-order valence-electron chi connectivity index (χ3n) is 5.48. The second kappa shape index (κ2) is 7.45. The van der Waals surface area contributed by atoms with E-state index >= 15 is 0 Å². The Morgan fingerprint density at radius 2 is 1.68 bits per heavy atom. The molecule has 0 aromatic heterocycles. The molecule has 19 heavy (non-hydrogen) atoms. The van der Waals surface area contributed by atoms with Gasteiger partial charge < -0.3 is 4.74 Å². The summed E-state index contributed by atoms with van der Waals surface area (Å²) in [6.45, 7) is 5.75. The van der Waals surface area contributed by atoms with E-state index < -0.39 is 0 Å². The molecule has 2 rings (SSSR count). The Bertz CT molecular complexity index is 250. The minimum atomic E-state index is 0.156. The first-order valence-corrected chi connectivity index (χ1v) is 9.47. The number of halogens is 1. The Morgan fingerprint density at radius 1 is 1.05 bits per heavy atom. The molecular formula is C17H31BrO. The van der Waals surface area contributed by atoms with Crippen LogP contribution in [0.4, 0.5) is 0 Å². The lowest BCUT2D eigenvalue weighted by Crippen LogP contribution is -2.41. The first-order valence-electron chi connectivity index (χ1n) is 8.35. The van der Waals surface area contributed by atoms with Gasteiger partial charge >= 0.3 is 0 Å². The lowest BCUT2D eigenvalue weighted by atomic mass is 9.75. The Labute approximate surface area is 128 Å². The van der Waals surface area contributed by atoms with Crippen molar-refractivity contribution in [3.8, 4) is 0 Å². The summed E-state index contributed by atoms with van der Waals surface area (Å²) in [6.07, 6.45) is 12.3. The molecule has 112 valence electrons. The average molecular weight is 331 g/mol. The van der Waals surface area contributed by atoms with E-state index in [9.17, 15) is 0 Å². The molecule has 0 amide bonds. The molecular weight excluding hydrogens is 300 g/mol. The van der Waals surface area contributed by atoms with Crippen molar-refractivity contribution >= 4 is 15.9 Å². The molecule has 0 spiro atoms. The first-order chi connectivity index (χ1) is 9.15. The summed E-state index contributed by atoms with van der Waals surface area (Å²) in [6, 6.07) is 0. The van der Waals surface area contributed by atoms with Crippen LogP contribution in [0.3, 0.4) is 0 Å². The average Bonchev–Trinajstić information content (AvgIpc) is 2.46. The zero-order chi connectivity index (χ0) is 13.7. The summed E-state index contributed by atoms with van der Waals surface area (Å²) >= 11 is 3.73. The molecule has 2 fully saturated rings. The van der Waals surface area contributed by atoms with Gasteiger partial charge in [0.25, 0.3) is 0 Å². The molecule has 0 aromatic carbocycles. The maximum Gasteiger partial charge on any atom is 0.0779 e. The summed E-state index contributed by atoms with van der Waals surface area (Å²) in [4.78, 5) is 0. The Kier molecular flexibility index (Phi) is 6.20. The van der Waals surface area contributed by atoms with Crippen LogP contribution in [-0.2, 0) is 4.74 Å². The van der Waals surface area contributed by atoms with Gasteiger partial charge in [-0.2, -0.15) is 0 Å². The molecule has 0 heterocycles. The molecule has 0 bridgehead atoms. The quantitative estimate of drug-likeness (QED) is 0.599. The SMILES string of the molecule is CC(C)C1CCC(CBr)(OCC2CCCCC2)CC1. The molecule has 0 aliphatic heterocycles. The van der Waals surface area contributed by atoms with E-state index in [2.05, 4.69) is 29.8 Å². The summed E-state index contributed by atoms with van der Waals surface area (Å²) in [7, 11) is 0. The third kappa shape index (κ3) is 4.46. The van der Waals surface area contributed by atoms with Gasteiger partial charge in [-0.15, -0.1) is 0 Å². The standard InChI is InChI=1S/C17H31BrO/c1-14(2)16-8-10-17(13-18,11-9-16)19-12-15-6-4-3-5-7-15/h14-16H,3-13H2,1-2H3. The number of hydrogen-bond acceptors (Lipinski definition) is 1. The summed E-state index contributed by atoms with van der Waals surface area (Å²) in [5, 5.41) is 1.03. The topological polar surface area (TPSA) is 9.23 Å². The normalized spacial score (nSPS) is 33.8. The smallest absolute Gasteiger partial charge is 0.0779 e. The van der Waals surface area contributed by atoms with E-state index in [0.717, 1.165) is 29.7 Å². The van der Waals surface area contributed by atoms with Crippen molar-refractivity contribution in [1.29, 1.82) is 0 Å². The van der Waals surface area contributed by atoms with E-state index in [1.807, 2.05) is 0 Å². The van der Waals surface area contributed by atoms with Crippen molar-refractivity contribution in [3.05, 3.63) is 0 Å². The molecule has 1 nitrogen and oxygen atoms in total. The Balaban J connectivity index is 1.79. The van der Waals surface area contributed by atoms with Gasteiger partial charge in [0.2, 0.25) is 0 Å². The van der Waals surface area contributed by atoms with Crippen LogP contribution in [0.25, 0.3) is 0 Å². The zero-order valence-electron chi connectivity index (χ0n) is 12.8. The van der Waals surface area contributed by atoms with Gasteiger partial charge in [-0.05, 0) is 56.3 Å². The first kappa shape index (κ1) is 15.8. The fourth-order valence-corrected chi connectivity index (χ4v) is 4.52. The van der Waals surface area contributed by atoms with Gasteiger partial charge in [0.05, 0.1) is 12.2 Å². The van der Waals surface area contributed by atoms with Crippen LogP contribution >= 0.6 is 15.9 Å². The Morgan fingerprint density at radius 3 is 2.21 bits per heavy atom. The number of rotatable bonds is 5.